The van der Waals surface area contributed by atoms with Crippen LogP contribution in [-0.2, 0) is 4.74 Å². The van der Waals surface area contributed by atoms with Crippen molar-refractivity contribution < 1.29 is 4.74 Å². The number of hydrogen-bond donors (Lipinski definition) is 0. The molecular formula is C9H18O. The van der Waals surface area contributed by atoms with Gasteiger partial charge in [-0.15, -0.1) is 0 Å². The highest BCUT2D eigenvalue weighted by molar-refractivity contribution is 4.99. The Balaban J connectivity index is 3.79. The summed E-state index contributed by atoms with van der Waals surface area (Å²) >= 11 is 0. The Morgan fingerprint density at radius 3 is 2.10 bits per heavy atom. The van der Waals surface area contributed by atoms with E-state index < -0.39 is 0 Å². The van der Waals surface area contributed by atoms with Crippen molar-refractivity contribution in [2.24, 2.45) is 0 Å². The smallest absolute Gasteiger partial charge is 0.0951 e. The van der Waals surface area contributed by atoms with Crippen LogP contribution in [0.25, 0.3) is 0 Å². The molecule has 1 atom stereocenters. The van der Waals surface area contributed by atoms with E-state index in [0.717, 1.165) is 12.2 Å². The Hall–Kier alpha value is -0.460. The van der Waals surface area contributed by atoms with E-state index in [2.05, 4.69) is 27.7 Å². The second-order valence-electron chi connectivity index (χ2n) is 2.89. The van der Waals surface area contributed by atoms with Crippen LogP contribution < -0.4 is 0 Å². The topological polar surface area (TPSA) is 9.23 Å². The van der Waals surface area contributed by atoms with E-state index >= 15 is 0 Å². The Kier molecular flexibility index (Phi) is 4.17. The zero-order valence-corrected chi connectivity index (χ0v) is 7.69. The molecule has 1 nitrogen and oxygen atoms in total. The first-order chi connectivity index (χ1) is 4.57. The first-order valence-corrected chi connectivity index (χ1v) is 3.88. The van der Waals surface area contributed by atoms with Crippen LogP contribution in [0.2, 0.25) is 0 Å². The van der Waals surface area contributed by atoms with Crippen LogP contribution in [0.3, 0.4) is 0 Å². The fraction of sp³-hybridized carbons (Fsp3) is 0.778. The van der Waals surface area contributed by atoms with Crippen molar-refractivity contribution in [2.75, 3.05) is 0 Å². The van der Waals surface area contributed by atoms with Crippen molar-refractivity contribution in [1.29, 1.82) is 0 Å². The van der Waals surface area contributed by atoms with Crippen LogP contribution >= 0.6 is 0 Å². The fourth-order valence-corrected chi connectivity index (χ4v) is 0.503. The largest absolute Gasteiger partial charge is 0.495 e. The molecule has 0 aliphatic rings. The van der Waals surface area contributed by atoms with Crippen molar-refractivity contribution in [3.8, 4) is 0 Å². The van der Waals surface area contributed by atoms with Crippen molar-refractivity contribution in [3.05, 3.63) is 11.3 Å². The summed E-state index contributed by atoms with van der Waals surface area (Å²) in [5.74, 6) is 1.06. The minimum Gasteiger partial charge on any atom is -0.495 e. The van der Waals surface area contributed by atoms with Crippen LogP contribution in [-0.4, -0.2) is 6.10 Å². The maximum absolute atomic E-state index is 5.54. The maximum atomic E-state index is 5.54. The third-order valence-corrected chi connectivity index (χ3v) is 1.66. The highest BCUT2D eigenvalue weighted by atomic mass is 16.5. The van der Waals surface area contributed by atoms with Gasteiger partial charge in [-0.1, -0.05) is 6.92 Å². The summed E-state index contributed by atoms with van der Waals surface area (Å²) < 4.78 is 5.54. The van der Waals surface area contributed by atoms with Gasteiger partial charge in [0.05, 0.1) is 11.9 Å². The fourth-order valence-electron chi connectivity index (χ4n) is 0.503. The molecule has 0 amide bonds. The molecule has 1 unspecified atom stereocenters. The zero-order valence-electron chi connectivity index (χ0n) is 7.69. The minimum atomic E-state index is 0.356. The van der Waals surface area contributed by atoms with Gasteiger partial charge in [-0.2, -0.15) is 0 Å². The van der Waals surface area contributed by atoms with Gasteiger partial charge < -0.3 is 4.74 Å². The first kappa shape index (κ1) is 9.54. The monoisotopic (exact) mass is 142 g/mol. The lowest BCUT2D eigenvalue weighted by Crippen LogP contribution is -2.04. The molecule has 0 spiro atoms. The average Bonchev–Trinajstić information content (AvgIpc) is 1.87. The van der Waals surface area contributed by atoms with E-state index in [1.54, 1.807) is 0 Å². The van der Waals surface area contributed by atoms with Crippen molar-refractivity contribution in [1.82, 2.24) is 0 Å². The van der Waals surface area contributed by atoms with Gasteiger partial charge in [-0.25, -0.2) is 0 Å². The molecule has 0 saturated carbocycles. The molecule has 0 aliphatic carbocycles. The summed E-state index contributed by atoms with van der Waals surface area (Å²) in [4.78, 5) is 0. The third-order valence-electron chi connectivity index (χ3n) is 1.66. The predicted molar refractivity (Wildman–Crippen MR) is 44.9 cm³/mol. The standard InChI is InChI=1S/C9H18O/c1-6-8(4)10-9(5)7(2)3/h8H,6H2,1-5H3. The number of allylic oxidation sites excluding steroid dienone is 2. The molecule has 0 heterocycles. The van der Waals surface area contributed by atoms with Crippen LogP contribution in [0, 0.1) is 0 Å². The van der Waals surface area contributed by atoms with E-state index in [-0.39, 0.29) is 0 Å². The Morgan fingerprint density at radius 1 is 1.30 bits per heavy atom. The Morgan fingerprint density at radius 2 is 1.80 bits per heavy atom. The average molecular weight is 142 g/mol. The van der Waals surface area contributed by atoms with E-state index in [9.17, 15) is 0 Å². The van der Waals surface area contributed by atoms with E-state index in [1.807, 2.05) is 6.92 Å². The van der Waals surface area contributed by atoms with Gasteiger partial charge in [-0.3, -0.25) is 0 Å². The number of ether oxygens (including phenoxy) is 1. The maximum Gasteiger partial charge on any atom is 0.0951 e. The van der Waals surface area contributed by atoms with Crippen LogP contribution in [0.15, 0.2) is 11.3 Å². The summed E-state index contributed by atoms with van der Waals surface area (Å²) in [6.07, 6.45) is 1.43. The molecule has 0 aliphatic heterocycles. The number of rotatable bonds is 3. The first-order valence-electron chi connectivity index (χ1n) is 3.88. The molecule has 0 aromatic rings. The highest BCUT2D eigenvalue weighted by Crippen LogP contribution is 2.08. The van der Waals surface area contributed by atoms with Gasteiger partial charge >= 0.3 is 0 Å². The van der Waals surface area contributed by atoms with E-state index in [0.29, 0.717) is 6.10 Å². The lowest BCUT2D eigenvalue weighted by Gasteiger charge is -2.13. The summed E-state index contributed by atoms with van der Waals surface area (Å²) in [7, 11) is 0. The van der Waals surface area contributed by atoms with Crippen molar-refractivity contribution in [2.45, 2.75) is 47.1 Å². The molecule has 1 heteroatoms. The molecule has 0 radical (unpaired) electrons. The lowest BCUT2D eigenvalue weighted by atomic mass is 10.3. The summed E-state index contributed by atoms with van der Waals surface area (Å²) in [5.41, 5.74) is 1.26. The van der Waals surface area contributed by atoms with Gasteiger partial charge in [0.25, 0.3) is 0 Å². The molecule has 0 N–H and O–H groups in total. The highest BCUT2D eigenvalue weighted by Gasteiger charge is 1.99. The molecule has 0 saturated heterocycles. The van der Waals surface area contributed by atoms with Crippen LogP contribution in [0.1, 0.15) is 41.0 Å². The Bertz CT molecular complexity index is 121. The SMILES string of the molecule is CCC(C)OC(C)=C(C)C. The molecule has 0 aromatic heterocycles. The Labute approximate surface area is 64.1 Å². The molecule has 0 fully saturated rings. The quantitative estimate of drug-likeness (QED) is 0.550. The molecule has 0 aromatic carbocycles. The van der Waals surface area contributed by atoms with Gasteiger partial charge in [0, 0.05) is 0 Å². The number of hydrogen-bond acceptors (Lipinski definition) is 1. The van der Waals surface area contributed by atoms with Crippen molar-refractivity contribution in [3.63, 3.8) is 0 Å². The molecule has 0 rings (SSSR count). The third kappa shape index (κ3) is 3.54. The second kappa shape index (κ2) is 4.37. The summed E-state index contributed by atoms with van der Waals surface area (Å²) in [5, 5.41) is 0. The molecule has 10 heavy (non-hydrogen) atoms. The lowest BCUT2D eigenvalue weighted by molar-refractivity contribution is 0.127. The molecule has 60 valence electrons. The van der Waals surface area contributed by atoms with Gasteiger partial charge in [0.2, 0.25) is 0 Å². The molecular weight excluding hydrogens is 124 g/mol. The van der Waals surface area contributed by atoms with Crippen LogP contribution in [0.4, 0.5) is 0 Å². The van der Waals surface area contributed by atoms with Crippen molar-refractivity contribution >= 4 is 0 Å². The zero-order chi connectivity index (χ0) is 8.15. The minimum absolute atomic E-state index is 0.356. The van der Waals surface area contributed by atoms with Gasteiger partial charge in [0.1, 0.15) is 0 Å². The van der Waals surface area contributed by atoms with E-state index in [1.165, 1.54) is 5.57 Å². The summed E-state index contributed by atoms with van der Waals surface area (Å²) in [6.45, 7) is 10.4. The van der Waals surface area contributed by atoms with Gasteiger partial charge in [0.15, 0.2) is 0 Å². The predicted octanol–water partition coefficient (Wildman–Crippen LogP) is 3.12. The second-order valence-corrected chi connectivity index (χ2v) is 2.89. The summed E-state index contributed by atoms with van der Waals surface area (Å²) in [6, 6.07) is 0. The van der Waals surface area contributed by atoms with Gasteiger partial charge in [-0.05, 0) is 39.7 Å². The normalized spacial score (nSPS) is 12.5. The van der Waals surface area contributed by atoms with E-state index in [4.69, 9.17) is 4.74 Å². The molecule has 0 bridgehead atoms. The van der Waals surface area contributed by atoms with Crippen LogP contribution in [0.5, 0.6) is 0 Å².